The summed E-state index contributed by atoms with van der Waals surface area (Å²) in [4.78, 5) is 14.9. The minimum Gasteiger partial charge on any atom is -0.488 e. The van der Waals surface area contributed by atoms with Crippen LogP contribution in [0.1, 0.15) is 58.1 Å². The molecule has 1 aromatic rings. The van der Waals surface area contributed by atoms with Crippen molar-refractivity contribution in [2.45, 2.75) is 58.6 Å². The molecule has 0 fully saturated rings. The highest BCUT2D eigenvalue weighted by molar-refractivity contribution is 7.80. The first-order chi connectivity index (χ1) is 12.8. The molecule has 146 valence electrons. The molecule has 1 heterocycles. The Morgan fingerprint density at radius 2 is 1.96 bits per heavy atom. The molecule has 0 bridgehead atoms. The molecule has 0 saturated heterocycles. The lowest BCUT2D eigenvalue weighted by atomic mass is 9.84. The molecule has 0 spiro atoms. The van der Waals surface area contributed by atoms with E-state index in [0.29, 0.717) is 27.3 Å². The third kappa shape index (κ3) is 4.10. The number of halogens is 2. The normalized spacial score (nSPS) is 20.1. The van der Waals surface area contributed by atoms with Crippen molar-refractivity contribution in [1.82, 2.24) is 10.2 Å². The summed E-state index contributed by atoms with van der Waals surface area (Å²) in [6.45, 7) is 6.74. The van der Waals surface area contributed by atoms with Crippen LogP contribution < -0.4 is 10.1 Å². The van der Waals surface area contributed by atoms with E-state index in [1.54, 1.807) is 0 Å². The van der Waals surface area contributed by atoms with Crippen LogP contribution in [0.4, 0.5) is 0 Å². The lowest BCUT2D eigenvalue weighted by Gasteiger charge is -2.41. The van der Waals surface area contributed by atoms with Crippen LogP contribution in [0.3, 0.4) is 0 Å². The van der Waals surface area contributed by atoms with E-state index in [2.05, 4.69) is 17.1 Å². The SMILES string of the molecule is CCCN1C(=S)NC(c2cc(Cl)c(OC(C)C)c(Cl)c2)C2=C1CCCC2=O. The zero-order chi connectivity index (χ0) is 19.7. The Bertz CT molecular complexity index is 784. The second-order valence-electron chi connectivity index (χ2n) is 7.15. The Labute approximate surface area is 175 Å². The smallest absolute Gasteiger partial charge is 0.173 e. The van der Waals surface area contributed by atoms with E-state index in [1.807, 2.05) is 26.0 Å². The van der Waals surface area contributed by atoms with Gasteiger partial charge >= 0.3 is 0 Å². The van der Waals surface area contributed by atoms with E-state index >= 15 is 0 Å². The van der Waals surface area contributed by atoms with Crippen molar-refractivity contribution in [3.05, 3.63) is 39.0 Å². The van der Waals surface area contributed by atoms with Crippen molar-refractivity contribution in [3.63, 3.8) is 0 Å². The quantitative estimate of drug-likeness (QED) is 0.635. The van der Waals surface area contributed by atoms with Crippen LogP contribution in [0.2, 0.25) is 10.0 Å². The van der Waals surface area contributed by atoms with Gasteiger partial charge in [0.05, 0.1) is 22.2 Å². The van der Waals surface area contributed by atoms with E-state index in [9.17, 15) is 4.79 Å². The fourth-order valence-corrected chi connectivity index (χ4v) is 4.57. The molecular weight excluding hydrogens is 403 g/mol. The number of hydrogen-bond donors (Lipinski definition) is 1. The van der Waals surface area contributed by atoms with Crippen molar-refractivity contribution in [2.75, 3.05) is 6.54 Å². The molecule has 0 amide bonds. The van der Waals surface area contributed by atoms with Gasteiger partial charge < -0.3 is 15.0 Å². The van der Waals surface area contributed by atoms with E-state index in [4.69, 9.17) is 40.2 Å². The Hall–Kier alpha value is -1.30. The first-order valence-electron chi connectivity index (χ1n) is 9.33. The number of carbonyl (C=O) groups is 1. The van der Waals surface area contributed by atoms with Crippen LogP contribution in [-0.2, 0) is 4.79 Å². The molecule has 1 unspecified atom stereocenters. The average molecular weight is 427 g/mol. The van der Waals surface area contributed by atoms with E-state index in [1.165, 1.54) is 0 Å². The minimum absolute atomic E-state index is 0.0388. The van der Waals surface area contributed by atoms with Crippen LogP contribution in [0.25, 0.3) is 0 Å². The summed E-state index contributed by atoms with van der Waals surface area (Å²) < 4.78 is 5.72. The summed E-state index contributed by atoms with van der Waals surface area (Å²) in [6.07, 6.45) is 3.18. The third-order valence-electron chi connectivity index (χ3n) is 4.71. The molecule has 1 aliphatic carbocycles. The van der Waals surface area contributed by atoms with E-state index in [-0.39, 0.29) is 17.9 Å². The van der Waals surface area contributed by atoms with Crippen LogP contribution >= 0.6 is 35.4 Å². The summed E-state index contributed by atoms with van der Waals surface area (Å²) in [6, 6.07) is 3.29. The van der Waals surface area contributed by atoms with Crippen molar-refractivity contribution in [1.29, 1.82) is 0 Å². The number of nitrogens with zero attached hydrogens (tertiary/aromatic N) is 1. The van der Waals surface area contributed by atoms with Gasteiger partial charge in [-0.3, -0.25) is 4.79 Å². The topological polar surface area (TPSA) is 41.6 Å². The fraction of sp³-hybridized carbons (Fsp3) is 0.500. The van der Waals surface area contributed by atoms with Gasteiger partial charge in [0.25, 0.3) is 0 Å². The average Bonchev–Trinajstić information content (AvgIpc) is 2.60. The third-order valence-corrected chi connectivity index (χ3v) is 5.61. The molecule has 3 rings (SSSR count). The molecule has 1 aliphatic heterocycles. The molecular formula is C20H24Cl2N2O2S. The Balaban J connectivity index is 2.07. The van der Waals surface area contributed by atoms with Crippen molar-refractivity contribution in [2.24, 2.45) is 0 Å². The first-order valence-corrected chi connectivity index (χ1v) is 10.5. The van der Waals surface area contributed by atoms with Gasteiger partial charge in [0.15, 0.2) is 16.6 Å². The number of thiocarbonyl (C=S) groups is 1. The summed E-state index contributed by atoms with van der Waals surface area (Å²) in [5.74, 6) is 0.624. The lowest BCUT2D eigenvalue weighted by molar-refractivity contribution is -0.116. The predicted molar refractivity (Wildman–Crippen MR) is 114 cm³/mol. The Morgan fingerprint density at radius 1 is 1.30 bits per heavy atom. The zero-order valence-electron chi connectivity index (χ0n) is 15.8. The summed E-state index contributed by atoms with van der Waals surface area (Å²) in [7, 11) is 0. The second-order valence-corrected chi connectivity index (χ2v) is 8.35. The van der Waals surface area contributed by atoms with Gasteiger partial charge in [0.2, 0.25) is 0 Å². The monoisotopic (exact) mass is 426 g/mol. The molecule has 1 aromatic carbocycles. The molecule has 2 aliphatic rings. The van der Waals surface area contributed by atoms with Gasteiger partial charge in [-0.05, 0) is 63.0 Å². The fourth-order valence-electron chi connectivity index (χ4n) is 3.66. The van der Waals surface area contributed by atoms with Crippen LogP contribution in [-0.4, -0.2) is 28.4 Å². The summed E-state index contributed by atoms with van der Waals surface area (Å²) in [5.41, 5.74) is 2.65. The maximum atomic E-state index is 12.8. The number of ketones is 1. The molecule has 0 saturated carbocycles. The standard InChI is InChI=1S/C20H24Cl2N2O2S/c1-4-8-24-15-6-5-7-16(25)17(15)18(23-20(24)27)12-9-13(21)19(14(22)10-12)26-11(2)3/h9-11,18H,4-8H2,1-3H3,(H,23,27). The molecule has 0 aromatic heterocycles. The number of allylic oxidation sites excluding steroid dienone is 1. The molecule has 1 N–H and O–H groups in total. The zero-order valence-corrected chi connectivity index (χ0v) is 18.1. The van der Waals surface area contributed by atoms with Crippen molar-refractivity contribution < 1.29 is 9.53 Å². The molecule has 0 radical (unpaired) electrons. The van der Waals surface area contributed by atoms with E-state index < -0.39 is 0 Å². The maximum absolute atomic E-state index is 12.8. The molecule has 1 atom stereocenters. The largest absolute Gasteiger partial charge is 0.488 e. The van der Waals surface area contributed by atoms with Crippen molar-refractivity contribution in [3.8, 4) is 5.75 Å². The van der Waals surface area contributed by atoms with Crippen molar-refractivity contribution >= 4 is 46.3 Å². The second kappa shape index (κ2) is 8.38. The summed E-state index contributed by atoms with van der Waals surface area (Å²) in [5, 5.41) is 4.84. The number of ether oxygens (including phenoxy) is 1. The summed E-state index contributed by atoms with van der Waals surface area (Å²) >= 11 is 18.5. The first kappa shape index (κ1) is 20.4. The van der Waals surface area contributed by atoms with Gasteiger partial charge in [-0.1, -0.05) is 30.1 Å². The highest BCUT2D eigenvalue weighted by Crippen LogP contribution is 2.42. The number of rotatable bonds is 5. The minimum atomic E-state index is -0.337. The van der Waals surface area contributed by atoms with Gasteiger partial charge in [0.1, 0.15) is 0 Å². The molecule has 27 heavy (non-hydrogen) atoms. The molecule has 7 heteroatoms. The van der Waals surface area contributed by atoms with Gasteiger partial charge in [0, 0.05) is 24.2 Å². The van der Waals surface area contributed by atoms with Gasteiger partial charge in [-0.2, -0.15) is 0 Å². The predicted octanol–water partition coefficient (Wildman–Crippen LogP) is 5.43. The van der Waals surface area contributed by atoms with Gasteiger partial charge in [-0.15, -0.1) is 0 Å². The lowest BCUT2D eigenvalue weighted by Crippen LogP contribution is -2.49. The number of Topliss-reactive ketones (excluding diaryl/α,β-unsaturated/α-hetero) is 1. The van der Waals surface area contributed by atoms with Crippen LogP contribution in [0.15, 0.2) is 23.4 Å². The number of nitrogens with one attached hydrogen (secondary N) is 1. The Kier molecular flexibility index (Phi) is 6.34. The maximum Gasteiger partial charge on any atom is 0.173 e. The highest BCUT2D eigenvalue weighted by Gasteiger charge is 2.37. The highest BCUT2D eigenvalue weighted by atomic mass is 35.5. The molecule has 4 nitrogen and oxygen atoms in total. The van der Waals surface area contributed by atoms with Gasteiger partial charge in [-0.25, -0.2) is 0 Å². The number of benzene rings is 1. The number of carbonyl (C=O) groups excluding carboxylic acids is 1. The van der Waals surface area contributed by atoms with E-state index in [0.717, 1.165) is 42.6 Å². The Morgan fingerprint density at radius 3 is 2.56 bits per heavy atom. The van der Waals surface area contributed by atoms with Crippen LogP contribution in [0, 0.1) is 0 Å². The number of hydrogen-bond acceptors (Lipinski definition) is 3. The van der Waals surface area contributed by atoms with Crippen LogP contribution in [0.5, 0.6) is 5.75 Å².